The quantitative estimate of drug-likeness (QED) is 0.282. The monoisotopic (exact) mass is 497 g/mol. The maximum Gasteiger partial charge on any atom is 0.416 e. The molecule has 0 saturated heterocycles. The van der Waals surface area contributed by atoms with E-state index in [9.17, 15) is 18.0 Å². The molecule has 34 heavy (non-hydrogen) atoms. The van der Waals surface area contributed by atoms with E-state index in [-0.39, 0.29) is 11.9 Å². The first-order valence-electron chi connectivity index (χ1n) is 10.7. The number of thiophene rings is 1. The molecule has 1 aliphatic heterocycles. The standard InChI is InChI=1S/C27H19ClF3NOS/c28-22-11-4-3-10-21(22)25-20-9-2-1-6-17(20)14-15-32(25)26(33)24-13-12-23(34-24)18-7-5-8-19(16-18)27(29,30)31/h1-13,16,25H,14-15H2/t25-/m1/s1. The number of carbonyl (C=O) groups excluding carboxylic acids is 1. The minimum atomic E-state index is -4.42. The zero-order valence-corrected chi connectivity index (χ0v) is 19.4. The van der Waals surface area contributed by atoms with Crippen molar-refractivity contribution < 1.29 is 18.0 Å². The molecule has 5 rings (SSSR count). The normalized spacial score (nSPS) is 15.8. The first-order valence-corrected chi connectivity index (χ1v) is 11.9. The maximum absolute atomic E-state index is 13.7. The molecule has 1 aromatic heterocycles. The number of hydrogen-bond donors (Lipinski definition) is 0. The third kappa shape index (κ3) is 4.24. The first kappa shape index (κ1) is 22.7. The molecule has 0 radical (unpaired) electrons. The second kappa shape index (κ2) is 8.93. The highest BCUT2D eigenvalue weighted by Crippen LogP contribution is 2.40. The van der Waals surface area contributed by atoms with Gasteiger partial charge in [0.1, 0.15) is 0 Å². The van der Waals surface area contributed by atoms with Crippen molar-refractivity contribution in [3.05, 3.63) is 117 Å². The molecule has 1 aliphatic rings. The Morgan fingerprint density at radius 3 is 2.41 bits per heavy atom. The number of nitrogens with zero attached hydrogens (tertiary/aromatic N) is 1. The molecule has 3 aromatic carbocycles. The Hall–Kier alpha value is -3.09. The van der Waals surface area contributed by atoms with Crippen molar-refractivity contribution in [1.29, 1.82) is 0 Å². The topological polar surface area (TPSA) is 20.3 Å². The average Bonchev–Trinajstić information content (AvgIpc) is 3.33. The highest BCUT2D eigenvalue weighted by Gasteiger charge is 2.34. The number of benzene rings is 3. The number of hydrogen-bond acceptors (Lipinski definition) is 2. The molecule has 0 aliphatic carbocycles. The molecular weight excluding hydrogens is 479 g/mol. The van der Waals surface area contributed by atoms with Gasteiger partial charge in [0.15, 0.2) is 0 Å². The molecule has 172 valence electrons. The van der Waals surface area contributed by atoms with Crippen molar-refractivity contribution in [2.24, 2.45) is 0 Å². The van der Waals surface area contributed by atoms with Crippen LogP contribution >= 0.6 is 22.9 Å². The highest BCUT2D eigenvalue weighted by atomic mass is 35.5. The number of alkyl halides is 3. The molecule has 0 saturated carbocycles. The van der Waals surface area contributed by atoms with E-state index in [0.29, 0.717) is 33.3 Å². The lowest BCUT2D eigenvalue weighted by Crippen LogP contribution is -2.40. The van der Waals surface area contributed by atoms with E-state index in [1.165, 1.54) is 23.0 Å². The summed E-state index contributed by atoms with van der Waals surface area (Å²) in [6.07, 6.45) is -3.70. The zero-order chi connectivity index (χ0) is 23.9. The summed E-state index contributed by atoms with van der Waals surface area (Å²) in [6.45, 7) is 0.516. The summed E-state index contributed by atoms with van der Waals surface area (Å²) in [5, 5.41) is 0.581. The third-order valence-electron chi connectivity index (χ3n) is 6.04. The Kier molecular flexibility index (Phi) is 5.96. The molecule has 7 heteroatoms. The summed E-state index contributed by atoms with van der Waals surface area (Å²) >= 11 is 7.75. The molecule has 2 heterocycles. The average molecular weight is 498 g/mol. The molecule has 0 fully saturated rings. The lowest BCUT2D eigenvalue weighted by Gasteiger charge is -2.38. The Labute approximate surface area is 204 Å². The summed E-state index contributed by atoms with van der Waals surface area (Å²) in [4.78, 5) is 16.6. The van der Waals surface area contributed by atoms with Crippen LogP contribution in [-0.4, -0.2) is 17.4 Å². The Bertz CT molecular complexity index is 1360. The Morgan fingerprint density at radius 2 is 1.65 bits per heavy atom. The molecule has 0 spiro atoms. The van der Waals surface area contributed by atoms with E-state index in [1.807, 2.05) is 47.4 Å². The third-order valence-corrected chi connectivity index (χ3v) is 7.50. The van der Waals surface area contributed by atoms with Crippen LogP contribution < -0.4 is 0 Å². The van der Waals surface area contributed by atoms with Gasteiger partial charge in [-0.2, -0.15) is 13.2 Å². The van der Waals surface area contributed by atoms with Crippen molar-refractivity contribution in [3.63, 3.8) is 0 Å². The minimum Gasteiger partial charge on any atom is -0.326 e. The molecule has 0 N–H and O–H groups in total. The van der Waals surface area contributed by atoms with Gasteiger partial charge in [-0.3, -0.25) is 4.79 Å². The van der Waals surface area contributed by atoms with Gasteiger partial charge in [0, 0.05) is 16.4 Å². The summed E-state index contributed by atoms with van der Waals surface area (Å²) < 4.78 is 39.4. The minimum absolute atomic E-state index is 0.164. The zero-order valence-electron chi connectivity index (χ0n) is 17.9. The molecule has 1 atom stereocenters. The van der Waals surface area contributed by atoms with E-state index in [4.69, 9.17) is 11.6 Å². The van der Waals surface area contributed by atoms with Crippen LogP contribution in [0.25, 0.3) is 10.4 Å². The lowest BCUT2D eigenvalue weighted by molar-refractivity contribution is -0.137. The van der Waals surface area contributed by atoms with Gasteiger partial charge in [-0.25, -0.2) is 0 Å². The van der Waals surface area contributed by atoms with Gasteiger partial charge < -0.3 is 4.90 Å². The maximum atomic E-state index is 13.7. The van der Waals surface area contributed by atoms with Crippen LogP contribution in [0, 0.1) is 0 Å². The van der Waals surface area contributed by atoms with Gasteiger partial charge in [0.25, 0.3) is 5.91 Å². The number of halogens is 4. The number of carbonyl (C=O) groups is 1. The van der Waals surface area contributed by atoms with E-state index < -0.39 is 11.7 Å². The first-order chi connectivity index (χ1) is 16.3. The number of amides is 1. The van der Waals surface area contributed by atoms with E-state index in [0.717, 1.165) is 23.3 Å². The van der Waals surface area contributed by atoms with Crippen LogP contribution in [-0.2, 0) is 12.6 Å². The highest BCUT2D eigenvalue weighted by molar-refractivity contribution is 7.17. The molecule has 2 nitrogen and oxygen atoms in total. The molecule has 4 aromatic rings. The Balaban J connectivity index is 1.51. The summed E-state index contributed by atoms with van der Waals surface area (Å²) in [5.41, 5.74) is 2.78. The van der Waals surface area contributed by atoms with Gasteiger partial charge in [0.2, 0.25) is 0 Å². The molecular formula is C27H19ClF3NOS. The summed E-state index contributed by atoms with van der Waals surface area (Å²) in [5.74, 6) is -0.164. The van der Waals surface area contributed by atoms with E-state index in [1.54, 1.807) is 18.2 Å². The van der Waals surface area contributed by atoms with Crippen molar-refractivity contribution in [2.75, 3.05) is 6.54 Å². The van der Waals surface area contributed by atoms with E-state index in [2.05, 4.69) is 6.07 Å². The van der Waals surface area contributed by atoms with Crippen LogP contribution in [0.2, 0.25) is 5.02 Å². The second-order valence-electron chi connectivity index (χ2n) is 8.11. The fourth-order valence-corrected chi connectivity index (χ4v) is 5.61. The van der Waals surface area contributed by atoms with Crippen LogP contribution in [0.3, 0.4) is 0 Å². The second-order valence-corrected chi connectivity index (χ2v) is 9.60. The van der Waals surface area contributed by atoms with Gasteiger partial charge >= 0.3 is 6.18 Å². The van der Waals surface area contributed by atoms with Crippen LogP contribution in [0.1, 0.15) is 38.0 Å². The summed E-state index contributed by atoms with van der Waals surface area (Å²) in [7, 11) is 0. The largest absolute Gasteiger partial charge is 0.416 e. The van der Waals surface area contributed by atoms with Gasteiger partial charge in [-0.1, -0.05) is 66.2 Å². The van der Waals surface area contributed by atoms with Gasteiger partial charge in [-0.05, 0) is 59.0 Å². The molecule has 1 amide bonds. The fraction of sp³-hybridized carbons (Fsp3) is 0.148. The van der Waals surface area contributed by atoms with Crippen LogP contribution in [0.4, 0.5) is 13.2 Å². The van der Waals surface area contributed by atoms with Crippen molar-refractivity contribution in [3.8, 4) is 10.4 Å². The number of fused-ring (bicyclic) bond motifs is 1. The van der Waals surface area contributed by atoms with Gasteiger partial charge in [-0.15, -0.1) is 11.3 Å². The van der Waals surface area contributed by atoms with Crippen molar-refractivity contribution in [1.82, 2.24) is 4.90 Å². The SMILES string of the molecule is O=C(c1ccc(-c2cccc(C(F)(F)F)c2)s1)N1CCc2ccccc2[C@@H]1c1ccccc1Cl. The number of rotatable bonds is 3. The van der Waals surface area contributed by atoms with E-state index >= 15 is 0 Å². The molecule has 0 unspecified atom stereocenters. The fourth-order valence-electron chi connectivity index (χ4n) is 4.42. The van der Waals surface area contributed by atoms with Crippen molar-refractivity contribution >= 4 is 28.8 Å². The molecule has 0 bridgehead atoms. The predicted molar refractivity (Wildman–Crippen MR) is 129 cm³/mol. The Morgan fingerprint density at radius 1 is 0.912 bits per heavy atom. The summed E-state index contributed by atoms with van der Waals surface area (Å²) in [6, 6.07) is 23.7. The van der Waals surface area contributed by atoms with Crippen LogP contribution in [0.15, 0.2) is 84.9 Å². The van der Waals surface area contributed by atoms with Gasteiger partial charge in [0.05, 0.1) is 16.5 Å². The predicted octanol–water partition coefficient (Wildman–Crippen LogP) is 7.88. The lowest BCUT2D eigenvalue weighted by atomic mass is 9.88. The van der Waals surface area contributed by atoms with Crippen LogP contribution in [0.5, 0.6) is 0 Å². The van der Waals surface area contributed by atoms with Crippen molar-refractivity contribution in [2.45, 2.75) is 18.6 Å². The smallest absolute Gasteiger partial charge is 0.326 e.